The molecular weight excluding hydrogens is 264 g/mol. The average molecular weight is 280 g/mol. The number of fused-ring (bicyclic) bond motifs is 1. The van der Waals surface area contributed by atoms with Gasteiger partial charge in [-0.1, -0.05) is 42.5 Å². The van der Waals surface area contributed by atoms with Crippen LogP contribution in [0.3, 0.4) is 0 Å². The van der Waals surface area contributed by atoms with E-state index in [1.807, 2.05) is 0 Å². The van der Waals surface area contributed by atoms with Gasteiger partial charge in [-0.25, -0.2) is 4.98 Å². The molecule has 0 amide bonds. The second kappa shape index (κ2) is 5.00. The van der Waals surface area contributed by atoms with Crippen LogP contribution in [-0.2, 0) is 6.54 Å². The molecule has 0 saturated heterocycles. The first-order valence-corrected chi connectivity index (χ1v) is 7.94. The van der Waals surface area contributed by atoms with Gasteiger partial charge in [0, 0.05) is 23.5 Å². The monoisotopic (exact) mass is 280 g/mol. The molecule has 1 fully saturated rings. The number of aromatic nitrogens is 1. The average Bonchev–Trinajstić information content (AvgIpc) is 3.21. The van der Waals surface area contributed by atoms with Crippen LogP contribution in [0.25, 0.3) is 21.3 Å². The SMILES string of the molecule is c1ccc2c(-c3nc(CNC4CC4)cs3)cccc2c1. The molecule has 0 atom stereocenters. The summed E-state index contributed by atoms with van der Waals surface area (Å²) in [6.45, 7) is 0.895. The van der Waals surface area contributed by atoms with Crippen molar-refractivity contribution in [1.82, 2.24) is 10.3 Å². The van der Waals surface area contributed by atoms with Crippen LogP contribution in [0.4, 0.5) is 0 Å². The molecule has 0 aliphatic heterocycles. The van der Waals surface area contributed by atoms with E-state index in [-0.39, 0.29) is 0 Å². The molecule has 0 radical (unpaired) electrons. The Hall–Kier alpha value is -1.71. The van der Waals surface area contributed by atoms with E-state index in [2.05, 4.69) is 53.2 Å². The minimum Gasteiger partial charge on any atom is -0.308 e. The Morgan fingerprint density at radius 1 is 1.10 bits per heavy atom. The number of hydrogen-bond acceptors (Lipinski definition) is 3. The number of thiazole rings is 1. The summed E-state index contributed by atoms with van der Waals surface area (Å²) in [4.78, 5) is 4.79. The Labute approximate surface area is 122 Å². The first kappa shape index (κ1) is 12.1. The van der Waals surface area contributed by atoms with Crippen molar-refractivity contribution in [3.63, 3.8) is 0 Å². The summed E-state index contributed by atoms with van der Waals surface area (Å²) in [5.74, 6) is 0. The molecule has 1 aliphatic rings. The van der Waals surface area contributed by atoms with E-state index in [9.17, 15) is 0 Å². The molecule has 2 aromatic carbocycles. The quantitative estimate of drug-likeness (QED) is 0.774. The van der Waals surface area contributed by atoms with Crippen molar-refractivity contribution in [2.24, 2.45) is 0 Å². The molecule has 0 bridgehead atoms. The lowest BCUT2D eigenvalue weighted by Crippen LogP contribution is -2.15. The molecule has 20 heavy (non-hydrogen) atoms. The standard InChI is InChI=1S/C17H16N2S/c1-2-6-15-12(4-1)5-3-7-16(15)17-19-14(11-20-17)10-18-13-8-9-13/h1-7,11,13,18H,8-10H2. The molecule has 2 nitrogen and oxygen atoms in total. The highest BCUT2D eigenvalue weighted by atomic mass is 32.1. The Balaban J connectivity index is 1.67. The third kappa shape index (κ3) is 2.35. The maximum absolute atomic E-state index is 4.79. The van der Waals surface area contributed by atoms with Crippen LogP contribution < -0.4 is 5.32 Å². The second-order valence-electron chi connectivity index (χ2n) is 5.33. The summed E-state index contributed by atoms with van der Waals surface area (Å²) >= 11 is 1.74. The van der Waals surface area contributed by atoms with E-state index in [1.54, 1.807) is 11.3 Å². The smallest absolute Gasteiger partial charge is 0.124 e. The highest BCUT2D eigenvalue weighted by Gasteiger charge is 2.20. The molecule has 1 heterocycles. The fraction of sp³-hybridized carbons (Fsp3) is 0.235. The number of nitrogens with one attached hydrogen (secondary N) is 1. The van der Waals surface area contributed by atoms with Gasteiger partial charge in [0.25, 0.3) is 0 Å². The molecular formula is C17H16N2S. The molecule has 4 rings (SSSR count). The maximum atomic E-state index is 4.79. The lowest BCUT2D eigenvalue weighted by molar-refractivity contribution is 0.678. The third-order valence-corrected chi connectivity index (χ3v) is 4.65. The van der Waals surface area contributed by atoms with Gasteiger partial charge < -0.3 is 5.32 Å². The Bertz CT molecular complexity index is 738. The van der Waals surface area contributed by atoms with Gasteiger partial charge in [0.15, 0.2) is 0 Å². The molecule has 1 N–H and O–H groups in total. The van der Waals surface area contributed by atoms with Gasteiger partial charge in [0.1, 0.15) is 5.01 Å². The predicted molar refractivity (Wildman–Crippen MR) is 84.9 cm³/mol. The summed E-state index contributed by atoms with van der Waals surface area (Å²) in [5.41, 5.74) is 2.40. The molecule has 0 spiro atoms. The van der Waals surface area contributed by atoms with Crippen molar-refractivity contribution >= 4 is 22.1 Å². The summed E-state index contributed by atoms with van der Waals surface area (Å²) in [6, 6.07) is 15.7. The molecule has 1 aromatic heterocycles. The molecule has 0 unspecified atom stereocenters. The first-order chi connectivity index (χ1) is 9.90. The normalized spacial score (nSPS) is 14.8. The van der Waals surface area contributed by atoms with Gasteiger partial charge in [0.2, 0.25) is 0 Å². The lowest BCUT2D eigenvalue weighted by Gasteiger charge is -2.03. The van der Waals surface area contributed by atoms with E-state index in [4.69, 9.17) is 4.98 Å². The van der Waals surface area contributed by atoms with Gasteiger partial charge in [0.05, 0.1) is 5.69 Å². The van der Waals surface area contributed by atoms with Crippen LogP contribution in [0.1, 0.15) is 18.5 Å². The van der Waals surface area contributed by atoms with E-state index in [1.165, 1.54) is 29.2 Å². The van der Waals surface area contributed by atoms with Crippen LogP contribution in [-0.4, -0.2) is 11.0 Å². The van der Waals surface area contributed by atoms with E-state index in [0.717, 1.165) is 23.3 Å². The van der Waals surface area contributed by atoms with Crippen molar-refractivity contribution < 1.29 is 0 Å². The van der Waals surface area contributed by atoms with Crippen molar-refractivity contribution in [3.05, 3.63) is 53.5 Å². The lowest BCUT2D eigenvalue weighted by atomic mass is 10.1. The Morgan fingerprint density at radius 3 is 2.85 bits per heavy atom. The highest BCUT2D eigenvalue weighted by Crippen LogP contribution is 2.31. The van der Waals surface area contributed by atoms with E-state index >= 15 is 0 Å². The predicted octanol–water partition coefficient (Wildman–Crippen LogP) is 4.22. The van der Waals surface area contributed by atoms with Crippen molar-refractivity contribution in [1.29, 1.82) is 0 Å². The van der Waals surface area contributed by atoms with Gasteiger partial charge in [-0.2, -0.15) is 0 Å². The maximum Gasteiger partial charge on any atom is 0.124 e. The summed E-state index contributed by atoms with van der Waals surface area (Å²) in [6.07, 6.45) is 2.64. The van der Waals surface area contributed by atoms with E-state index < -0.39 is 0 Å². The fourth-order valence-electron chi connectivity index (χ4n) is 2.46. The molecule has 100 valence electrons. The zero-order chi connectivity index (χ0) is 13.4. The van der Waals surface area contributed by atoms with E-state index in [0.29, 0.717) is 0 Å². The van der Waals surface area contributed by atoms with Gasteiger partial charge >= 0.3 is 0 Å². The van der Waals surface area contributed by atoms with Crippen LogP contribution in [0, 0.1) is 0 Å². The minimum absolute atomic E-state index is 0.734. The number of rotatable bonds is 4. The fourth-order valence-corrected chi connectivity index (χ4v) is 3.32. The number of nitrogens with zero attached hydrogens (tertiary/aromatic N) is 1. The molecule has 3 heteroatoms. The highest BCUT2D eigenvalue weighted by molar-refractivity contribution is 7.13. The van der Waals surface area contributed by atoms with Crippen LogP contribution in [0.5, 0.6) is 0 Å². The van der Waals surface area contributed by atoms with Crippen molar-refractivity contribution in [2.75, 3.05) is 0 Å². The van der Waals surface area contributed by atoms with Crippen LogP contribution >= 0.6 is 11.3 Å². The third-order valence-electron chi connectivity index (χ3n) is 3.72. The minimum atomic E-state index is 0.734. The summed E-state index contributed by atoms with van der Waals surface area (Å²) in [5, 5.41) is 9.37. The zero-order valence-corrected chi connectivity index (χ0v) is 12.0. The van der Waals surface area contributed by atoms with Crippen LogP contribution in [0.15, 0.2) is 47.8 Å². The number of benzene rings is 2. The summed E-state index contributed by atoms with van der Waals surface area (Å²) < 4.78 is 0. The van der Waals surface area contributed by atoms with Crippen molar-refractivity contribution in [3.8, 4) is 10.6 Å². The van der Waals surface area contributed by atoms with Gasteiger partial charge in [-0.15, -0.1) is 11.3 Å². The molecule has 1 aliphatic carbocycles. The summed E-state index contributed by atoms with van der Waals surface area (Å²) in [7, 11) is 0. The van der Waals surface area contributed by atoms with Crippen molar-refractivity contribution in [2.45, 2.75) is 25.4 Å². The molecule has 3 aromatic rings. The van der Waals surface area contributed by atoms with Gasteiger partial charge in [-0.3, -0.25) is 0 Å². The van der Waals surface area contributed by atoms with Gasteiger partial charge in [-0.05, 0) is 23.6 Å². The van der Waals surface area contributed by atoms with Crippen LogP contribution in [0.2, 0.25) is 0 Å². The topological polar surface area (TPSA) is 24.9 Å². The number of hydrogen-bond donors (Lipinski definition) is 1. The Morgan fingerprint density at radius 2 is 1.95 bits per heavy atom. The largest absolute Gasteiger partial charge is 0.308 e. The first-order valence-electron chi connectivity index (χ1n) is 7.06. The second-order valence-corrected chi connectivity index (χ2v) is 6.18. The Kier molecular flexibility index (Phi) is 3.02. The molecule has 1 saturated carbocycles. The zero-order valence-electron chi connectivity index (χ0n) is 11.2.